The number of ether oxygens (including phenoxy) is 1. The van der Waals surface area contributed by atoms with Crippen molar-refractivity contribution in [2.24, 2.45) is 0 Å². The summed E-state index contributed by atoms with van der Waals surface area (Å²) in [6.45, 7) is 1.44. The molecule has 0 fully saturated rings. The van der Waals surface area contributed by atoms with Crippen molar-refractivity contribution in [2.45, 2.75) is 13.3 Å². The Morgan fingerprint density at radius 2 is 2.06 bits per heavy atom. The molecule has 1 N–H and O–H groups in total. The third-order valence-corrected chi connectivity index (χ3v) is 1.84. The van der Waals surface area contributed by atoms with Crippen LogP contribution in [0.25, 0.3) is 6.08 Å². The van der Waals surface area contributed by atoms with Crippen molar-refractivity contribution in [3.05, 3.63) is 35.4 Å². The molecular weight excluding hydrogens is 237 g/mol. The van der Waals surface area contributed by atoms with E-state index < -0.39 is 12.3 Å². The number of benzene rings is 1. The predicted molar refractivity (Wildman–Crippen MR) is 54.5 cm³/mol. The van der Waals surface area contributed by atoms with Crippen molar-refractivity contribution in [2.75, 3.05) is 0 Å². The fourth-order valence-electron chi connectivity index (χ4n) is 1.18. The Bertz CT molecular complexity index is 450. The molecule has 1 rings (SSSR count). The van der Waals surface area contributed by atoms with Crippen LogP contribution in [0.15, 0.2) is 24.3 Å². The molecule has 0 aromatic heterocycles. The lowest BCUT2D eigenvalue weighted by Crippen LogP contribution is -2.17. The maximum Gasteiger partial charge on any atom is 0.573 e. The van der Waals surface area contributed by atoms with Crippen molar-refractivity contribution in [1.82, 2.24) is 0 Å². The first kappa shape index (κ1) is 13.1. The Morgan fingerprint density at radius 1 is 1.41 bits per heavy atom. The summed E-state index contributed by atoms with van der Waals surface area (Å²) in [4.78, 5) is 10.3. The van der Waals surface area contributed by atoms with Gasteiger partial charge in [-0.05, 0) is 36.3 Å². The third kappa shape index (κ3) is 4.58. The molecule has 0 heterocycles. The topological polar surface area (TPSA) is 46.5 Å². The lowest BCUT2D eigenvalue weighted by atomic mass is 10.1. The van der Waals surface area contributed by atoms with E-state index >= 15 is 0 Å². The fraction of sp³-hybridized carbons (Fsp3) is 0.182. The molecule has 0 atom stereocenters. The Balaban J connectivity index is 2.90. The van der Waals surface area contributed by atoms with Crippen LogP contribution >= 0.6 is 0 Å². The maximum atomic E-state index is 12.0. The van der Waals surface area contributed by atoms with Crippen LogP contribution in [-0.2, 0) is 4.79 Å². The number of carbonyl (C=O) groups is 1. The average molecular weight is 246 g/mol. The number of hydrogen-bond donors (Lipinski definition) is 1. The van der Waals surface area contributed by atoms with Gasteiger partial charge in [-0.2, -0.15) is 0 Å². The van der Waals surface area contributed by atoms with Gasteiger partial charge in [0.15, 0.2) is 0 Å². The molecule has 0 aliphatic carbocycles. The molecule has 1 aromatic rings. The molecule has 0 saturated carbocycles. The van der Waals surface area contributed by atoms with Gasteiger partial charge in [0.05, 0.1) is 0 Å². The van der Waals surface area contributed by atoms with Crippen LogP contribution in [0.2, 0.25) is 0 Å². The van der Waals surface area contributed by atoms with Gasteiger partial charge in [0.2, 0.25) is 0 Å². The van der Waals surface area contributed by atoms with Gasteiger partial charge >= 0.3 is 12.3 Å². The van der Waals surface area contributed by atoms with Crippen molar-refractivity contribution in [3.8, 4) is 5.75 Å². The number of carboxylic acid groups (broad SMARTS) is 1. The van der Waals surface area contributed by atoms with Crippen LogP contribution in [0.1, 0.15) is 11.1 Å². The highest BCUT2D eigenvalue weighted by Gasteiger charge is 2.31. The van der Waals surface area contributed by atoms with E-state index in [1.807, 2.05) is 0 Å². The highest BCUT2D eigenvalue weighted by molar-refractivity contribution is 5.85. The second-order valence-electron chi connectivity index (χ2n) is 3.24. The Kier molecular flexibility index (Phi) is 3.77. The van der Waals surface area contributed by atoms with Crippen molar-refractivity contribution >= 4 is 12.0 Å². The summed E-state index contributed by atoms with van der Waals surface area (Å²) in [7, 11) is 0. The Morgan fingerprint density at radius 3 is 2.53 bits per heavy atom. The normalized spacial score (nSPS) is 11.8. The van der Waals surface area contributed by atoms with Crippen LogP contribution in [-0.4, -0.2) is 17.4 Å². The van der Waals surface area contributed by atoms with E-state index in [2.05, 4.69) is 4.74 Å². The van der Waals surface area contributed by atoms with Crippen LogP contribution < -0.4 is 4.74 Å². The number of carboxylic acids is 1. The smallest absolute Gasteiger partial charge is 0.478 e. The van der Waals surface area contributed by atoms with Gasteiger partial charge in [0, 0.05) is 6.08 Å². The quantitative estimate of drug-likeness (QED) is 0.834. The van der Waals surface area contributed by atoms with E-state index in [-0.39, 0.29) is 11.3 Å². The predicted octanol–water partition coefficient (Wildman–Crippen LogP) is 2.99. The molecule has 3 nitrogen and oxygen atoms in total. The molecule has 0 spiro atoms. The van der Waals surface area contributed by atoms with Crippen LogP contribution in [0.3, 0.4) is 0 Å². The fourth-order valence-corrected chi connectivity index (χ4v) is 1.18. The molecule has 0 aliphatic rings. The number of halogens is 3. The summed E-state index contributed by atoms with van der Waals surface area (Å²) < 4.78 is 39.7. The molecule has 0 radical (unpaired) electrons. The van der Waals surface area contributed by atoms with E-state index in [0.717, 1.165) is 12.1 Å². The van der Waals surface area contributed by atoms with Gasteiger partial charge < -0.3 is 9.84 Å². The van der Waals surface area contributed by atoms with Crippen molar-refractivity contribution in [1.29, 1.82) is 0 Å². The largest absolute Gasteiger partial charge is 0.573 e. The van der Waals surface area contributed by atoms with Gasteiger partial charge in [-0.3, -0.25) is 0 Å². The van der Waals surface area contributed by atoms with Gasteiger partial charge in [0.1, 0.15) is 5.75 Å². The number of hydrogen-bond acceptors (Lipinski definition) is 2. The van der Waals surface area contributed by atoms with Gasteiger partial charge in [-0.1, -0.05) is 6.07 Å². The minimum Gasteiger partial charge on any atom is -0.478 e. The first-order chi connectivity index (χ1) is 7.78. The molecule has 92 valence electrons. The summed E-state index contributed by atoms with van der Waals surface area (Å²) in [5.74, 6) is -1.43. The number of aliphatic carboxylic acids is 1. The molecule has 1 aromatic carbocycles. The highest BCUT2D eigenvalue weighted by Crippen LogP contribution is 2.26. The summed E-state index contributed by atoms with van der Waals surface area (Å²) in [6.07, 6.45) is -2.55. The van der Waals surface area contributed by atoms with E-state index in [1.165, 1.54) is 25.1 Å². The van der Waals surface area contributed by atoms with Crippen LogP contribution in [0, 0.1) is 6.92 Å². The Labute approximate surface area is 95.1 Å². The van der Waals surface area contributed by atoms with E-state index in [4.69, 9.17) is 5.11 Å². The SMILES string of the molecule is Cc1cc(C=CC(=O)O)ccc1OC(F)(F)F. The highest BCUT2D eigenvalue weighted by atomic mass is 19.4. The van der Waals surface area contributed by atoms with Gasteiger partial charge in [-0.25, -0.2) is 4.79 Å². The summed E-state index contributed by atoms with van der Waals surface area (Å²) in [6, 6.07) is 3.89. The van der Waals surface area contributed by atoms with Crippen molar-refractivity contribution < 1.29 is 27.8 Å². The third-order valence-electron chi connectivity index (χ3n) is 1.84. The first-order valence-corrected chi connectivity index (χ1v) is 4.55. The lowest BCUT2D eigenvalue weighted by Gasteiger charge is -2.11. The van der Waals surface area contributed by atoms with E-state index in [9.17, 15) is 18.0 Å². The molecule has 0 aliphatic heterocycles. The minimum atomic E-state index is -4.73. The minimum absolute atomic E-state index is 0.273. The molecule has 0 amide bonds. The molecular formula is C11H9F3O3. The average Bonchev–Trinajstić information content (AvgIpc) is 2.17. The van der Waals surface area contributed by atoms with E-state index in [1.54, 1.807) is 0 Å². The summed E-state index contributed by atoms with van der Waals surface area (Å²) in [5, 5.41) is 8.39. The zero-order valence-corrected chi connectivity index (χ0v) is 8.78. The second-order valence-corrected chi connectivity index (χ2v) is 3.24. The number of aryl methyl sites for hydroxylation is 1. The van der Waals surface area contributed by atoms with E-state index in [0.29, 0.717) is 5.56 Å². The van der Waals surface area contributed by atoms with Gasteiger partial charge in [0.25, 0.3) is 0 Å². The molecule has 17 heavy (non-hydrogen) atoms. The number of alkyl halides is 3. The maximum absolute atomic E-state index is 12.0. The molecule has 0 unspecified atom stereocenters. The summed E-state index contributed by atoms with van der Waals surface area (Å²) in [5.41, 5.74) is 0.759. The standard InChI is InChI=1S/C11H9F3O3/c1-7-6-8(3-5-10(15)16)2-4-9(7)17-11(12,13)14/h2-6H,1H3,(H,15,16). The lowest BCUT2D eigenvalue weighted by molar-refractivity contribution is -0.274. The molecule has 6 heteroatoms. The monoisotopic (exact) mass is 246 g/mol. The Hall–Kier alpha value is -1.98. The summed E-state index contributed by atoms with van der Waals surface area (Å²) >= 11 is 0. The van der Waals surface area contributed by atoms with Crippen LogP contribution in [0.5, 0.6) is 5.75 Å². The molecule has 0 bridgehead atoms. The van der Waals surface area contributed by atoms with Crippen LogP contribution in [0.4, 0.5) is 13.2 Å². The molecule has 0 saturated heterocycles. The number of rotatable bonds is 3. The zero-order valence-electron chi connectivity index (χ0n) is 8.78. The first-order valence-electron chi connectivity index (χ1n) is 4.55. The second kappa shape index (κ2) is 4.90. The van der Waals surface area contributed by atoms with Gasteiger partial charge in [-0.15, -0.1) is 13.2 Å². The zero-order chi connectivity index (χ0) is 13.1. The van der Waals surface area contributed by atoms with Crippen molar-refractivity contribution in [3.63, 3.8) is 0 Å².